The predicted molar refractivity (Wildman–Crippen MR) is 72.6 cm³/mol. The molecule has 1 rings (SSSR count). The molecule has 0 saturated carbocycles. The number of thioether (sulfide) groups is 1. The summed E-state index contributed by atoms with van der Waals surface area (Å²) >= 11 is 2.60. The highest BCUT2D eigenvalue weighted by Crippen LogP contribution is 2.20. The van der Waals surface area contributed by atoms with Gasteiger partial charge in [0.2, 0.25) is 10.3 Å². The lowest BCUT2D eigenvalue weighted by Gasteiger charge is -2.07. The van der Waals surface area contributed by atoms with Gasteiger partial charge in [0.05, 0.1) is 0 Å². The Balaban J connectivity index is 2.35. The molecule has 9 heteroatoms. The number of carbonyl (C=O) groups excluding carboxylic acids is 1. The van der Waals surface area contributed by atoms with Gasteiger partial charge in [0, 0.05) is 17.3 Å². The summed E-state index contributed by atoms with van der Waals surface area (Å²) in [6.07, 6.45) is 0.00258. The van der Waals surface area contributed by atoms with Crippen LogP contribution in [0.4, 0.5) is 5.13 Å². The fraction of sp³-hybridized carbons (Fsp3) is 0.600. The minimum absolute atomic E-state index is 0.329. The SMILES string of the molecule is CCCSc1nsc(NC(=O)COC(C)C(=O)O)n1. The number of carboxylic acids is 1. The number of ether oxygens (including phenoxy) is 1. The van der Waals surface area contributed by atoms with E-state index < -0.39 is 18.0 Å². The zero-order valence-corrected chi connectivity index (χ0v) is 12.2. The maximum absolute atomic E-state index is 11.5. The summed E-state index contributed by atoms with van der Waals surface area (Å²) in [5.41, 5.74) is 0. The van der Waals surface area contributed by atoms with Crippen LogP contribution in [0, 0.1) is 0 Å². The third kappa shape index (κ3) is 5.99. The first-order valence-electron chi connectivity index (χ1n) is 5.63. The van der Waals surface area contributed by atoms with Crippen molar-refractivity contribution in [3.05, 3.63) is 0 Å². The molecule has 2 N–H and O–H groups in total. The molecule has 0 radical (unpaired) electrons. The van der Waals surface area contributed by atoms with Gasteiger partial charge in [-0.15, -0.1) is 0 Å². The maximum atomic E-state index is 11.5. The predicted octanol–water partition coefficient (Wildman–Crippen LogP) is 1.47. The van der Waals surface area contributed by atoms with Crippen molar-refractivity contribution < 1.29 is 19.4 Å². The molecule has 1 aromatic heterocycles. The molecule has 0 spiro atoms. The van der Waals surface area contributed by atoms with Crippen molar-refractivity contribution >= 4 is 40.3 Å². The molecule has 1 unspecified atom stereocenters. The molecule has 1 amide bonds. The molecule has 106 valence electrons. The molecule has 19 heavy (non-hydrogen) atoms. The molecule has 0 aliphatic rings. The van der Waals surface area contributed by atoms with Crippen molar-refractivity contribution in [1.82, 2.24) is 9.36 Å². The average molecular weight is 305 g/mol. The van der Waals surface area contributed by atoms with Gasteiger partial charge in [-0.05, 0) is 13.3 Å². The van der Waals surface area contributed by atoms with Gasteiger partial charge >= 0.3 is 5.97 Å². The first-order chi connectivity index (χ1) is 9.02. The van der Waals surface area contributed by atoms with Crippen molar-refractivity contribution in [2.45, 2.75) is 31.5 Å². The van der Waals surface area contributed by atoms with Gasteiger partial charge in [-0.1, -0.05) is 18.7 Å². The largest absolute Gasteiger partial charge is 0.479 e. The highest BCUT2D eigenvalue weighted by atomic mass is 32.2. The highest BCUT2D eigenvalue weighted by molar-refractivity contribution is 7.99. The average Bonchev–Trinajstić information content (AvgIpc) is 2.80. The lowest BCUT2D eigenvalue weighted by Crippen LogP contribution is -2.26. The Kier molecular flexibility index (Phi) is 6.74. The number of aliphatic carboxylic acids is 1. The third-order valence-corrected chi connectivity index (χ3v) is 3.70. The number of nitrogens with one attached hydrogen (secondary N) is 1. The van der Waals surface area contributed by atoms with Crippen LogP contribution in [0.2, 0.25) is 0 Å². The summed E-state index contributed by atoms with van der Waals surface area (Å²) in [5, 5.41) is 12.1. The second-order valence-electron chi connectivity index (χ2n) is 3.57. The Hall–Kier alpha value is -1.19. The maximum Gasteiger partial charge on any atom is 0.332 e. The smallest absolute Gasteiger partial charge is 0.332 e. The number of rotatable bonds is 8. The quantitative estimate of drug-likeness (QED) is 0.701. The van der Waals surface area contributed by atoms with E-state index in [1.165, 1.54) is 18.7 Å². The standard InChI is InChI=1S/C10H15N3O4S2/c1-3-4-18-10-12-9(19-13-10)11-7(14)5-17-6(2)8(15)16/h6H,3-5H2,1-2H3,(H,15,16)(H,11,12,13,14). The van der Waals surface area contributed by atoms with Crippen molar-refractivity contribution in [1.29, 1.82) is 0 Å². The number of anilines is 1. The fourth-order valence-electron chi connectivity index (χ4n) is 0.940. The molecule has 0 saturated heterocycles. The van der Waals surface area contributed by atoms with Gasteiger partial charge in [-0.25, -0.2) is 4.79 Å². The first kappa shape index (κ1) is 15.9. The van der Waals surface area contributed by atoms with E-state index in [0.29, 0.717) is 10.3 Å². The molecule has 0 aromatic carbocycles. The zero-order valence-electron chi connectivity index (χ0n) is 10.6. The number of nitrogens with zero attached hydrogens (tertiary/aromatic N) is 2. The van der Waals surface area contributed by atoms with E-state index in [2.05, 4.69) is 21.6 Å². The molecular weight excluding hydrogens is 290 g/mol. The van der Waals surface area contributed by atoms with E-state index in [9.17, 15) is 9.59 Å². The number of carbonyl (C=O) groups is 2. The second-order valence-corrected chi connectivity index (χ2v) is 5.38. The molecule has 1 heterocycles. The first-order valence-corrected chi connectivity index (χ1v) is 7.39. The van der Waals surface area contributed by atoms with Gasteiger partial charge in [-0.2, -0.15) is 9.36 Å². The molecular formula is C10H15N3O4S2. The van der Waals surface area contributed by atoms with Crippen LogP contribution < -0.4 is 5.32 Å². The third-order valence-electron chi connectivity index (χ3n) is 1.90. The Bertz CT molecular complexity index is 438. The summed E-state index contributed by atoms with van der Waals surface area (Å²) in [5.74, 6) is -0.637. The van der Waals surface area contributed by atoms with Gasteiger partial charge < -0.3 is 9.84 Å². The van der Waals surface area contributed by atoms with Gasteiger partial charge in [0.25, 0.3) is 5.91 Å². The fourth-order valence-corrected chi connectivity index (χ4v) is 2.36. The van der Waals surface area contributed by atoms with Crippen LogP contribution in [-0.2, 0) is 14.3 Å². The van der Waals surface area contributed by atoms with Crippen molar-refractivity contribution in [2.75, 3.05) is 17.7 Å². The Morgan fingerprint density at radius 1 is 1.58 bits per heavy atom. The normalized spacial score (nSPS) is 12.1. The van der Waals surface area contributed by atoms with Crippen molar-refractivity contribution in [2.24, 2.45) is 0 Å². The summed E-state index contributed by atoms with van der Waals surface area (Å²) in [6, 6.07) is 0. The number of hydrogen-bond acceptors (Lipinski definition) is 7. The van der Waals surface area contributed by atoms with Crippen LogP contribution in [0.3, 0.4) is 0 Å². The molecule has 1 aromatic rings. The van der Waals surface area contributed by atoms with Crippen LogP contribution in [0.1, 0.15) is 20.3 Å². The van der Waals surface area contributed by atoms with Gasteiger partial charge in [-0.3, -0.25) is 10.1 Å². The molecule has 0 bridgehead atoms. The van der Waals surface area contributed by atoms with Crippen molar-refractivity contribution in [3.8, 4) is 0 Å². The number of carboxylic acid groups (broad SMARTS) is 1. The molecule has 0 aliphatic carbocycles. The topological polar surface area (TPSA) is 101 Å². The van der Waals surface area contributed by atoms with Crippen LogP contribution in [0.5, 0.6) is 0 Å². The summed E-state index contributed by atoms with van der Waals surface area (Å²) < 4.78 is 8.92. The minimum atomic E-state index is -1.11. The van der Waals surface area contributed by atoms with Crippen molar-refractivity contribution in [3.63, 3.8) is 0 Å². The molecule has 7 nitrogen and oxygen atoms in total. The Morgan fingerprint density at radius 3 is 2.95 bits per heavy atom. The number of amides is 1. The second kappa shape index (κ2) is 8.08. The van der Waals surface area contributed by atoms with E-state index in [0.717, 1.165) is 23.7 Å². The van der Waals surface area contributed by atoms with Gasteiger partial charge in [0.1, 0.15) is 6.61 Å². The number of hydrogen-bond donors (Lipinski definition) is 2. The van der Waals surface area contributed by atoms with Crippen LogP contribution in [0.15, 0.2) is 5.16 Å². The summed E-state index contributed by atoms with van der Waals surface area (Å²) in [4.78, 5) is 26.1. The van der Waals surface area contributed by atoms with Crippen LogP contribution >= 0.6 is 23.3 Å². The van der Waals surface area contributed by atoms with E-state index in [4.69, 9.17) is 9.84 Å². The lowest BCUT2D eigenvalue weighted by molar-refractivity contribution is -0.150. The minimum Gasteiger partial charge on any atom is -0.479 e. The van der Waals surface area contributed by atoms with Crippen LogP contribution in [-0.4, -0.2) is 44.8 Å². The van der Waals surface area contributed by atoms with E-state index in [-0.39, 0.29) is 6.61 Å². The molecule has 1 atom stereocenters. The zero-order chi connectivity index (χ0) is 14.3. The highest BCUT2D eigenvalue weighted by Gasteiger charge is 2.14. The van der Waals surface area contributed by atoms with E-state index in [1.54, 1.807) is 0 Å². The summed E-state index contributed by atoms with van der Waals surface area (Å²) in [7, 11) is 0. The van der Waals surface area contributed by atoms with Gasteiger partial charge in [0.15, 0.2) is 6.10 Å². The van der Waals surface area contributed by atoms with Crippen LogP contribution in [0.25, 0.3) is 0 Å². The van der Waals surface area contributed by atoms with E-state index >= 15 is 0 Å². The number of aromatic nitrogens is 2. The molecule has 0 fully saturated rings. The summed E-state index contributed by atoms with van der Waals surface area (Å²) in [6.45, 7) is 3.09. The Labute approximate surface area is 118 Å². The molecule has 0 aliphatic heterocycles. The van der Waals surface area contributed by atoms with E-state index in [1.807, 2.05) is 0 Å². The Morgan fingerprint density at radius 2 is 2.32 bits per heavy atom. The lowest BCUT2D eigenvalue weighted by atomic mass is 10.4. The monoisotopic (exact) mass is 305 g/mol.